The molecule has 0 spiro atoms. The quantitative estimate of drug-likeness (QED) is 0.862. The first kappa shape index (κ1) is 11.6. The van der Waals surface area contributed by atoms with Crippen LogP contribution in [0.4, 0.5) is 5.69 Å². The number of aliphatic carboxylic acids is 1. The van der Waals surface area contributed by atoms with Crippen LogP contribution in [0.2, 0.25) is 0 Å². The zero-order chi connectivity index (χ0) is 12.4. The van der Waals surface area contributed by atoms with E-state index in [1.165, 1.54) is 0 Å². The summed E-state index contributed by atoms with van der Waals surface area (Å²) in [7, 11) is 0. The van der Waals surface area contributed by atoms with Crippen LogP contribution in [0.3, 0.4) is 0 Å². The van der Waals surface area contributed by atoms with Gasteiger partial charge in [-0.05, 0) is 25.5 Å². The van der Waals surface area contributed by atoms with Crippen LogP contribution in [0.1, 0.15) is 13.3 Å². The molecule has 0 heterocycles. The van der Waals surface area contributed by atoms with E-state index >= 15 is 0 Å². The Bertz CT molecular complexity index is 430. The maximum atomic E-state index is 12.1. The number of nitrogens with zero attached hydrogens (tertiary/aromatic N) is 1. The molecule has 0 aromatic heterocycles. The van der Waals surface area contributed by atoms with E-state index < -0.39 is 11.9 Å². The molecule has 4 nitrogen and oxygen atoms in total. The lowest BCUT2D eigenvalue weighted by atomic mass is 10.2. The molecule has 90 valence electrons. The molecule has 1 saturated carbocycles. The summed E-state index contributed by atoms with van der Waals surface area (Å²) in [4.78, 5) is 24.5. The first-order valence-corrected chi connectivity index (χ1v) is 5.74. The smallest absolute Gasteiger partial charge is 0.307 e. The second kappa shape index (κ2) is 4.57. The third-order valence-electron chi connectivity index (χ3n) is 3.07. The number of hydrogen-bond donors (Lipinski definition) is 1. The van der Waals surface area contributed by atoms with E-state index in [0.29, 0.717) is 13.0 Å². The van der Waals surface area contributed by atoms with E-state index in [1.54, 1.807) is 4.90 Å². The minimum absolute atomic E-state index is 0.0777. The van der Waals surface area contributed by atoms with Gasteiger partial charge in [-0.25, -0.2) is 0 Å². The van der Waals surface area contributed by atoms with E-state index in [2.05, 4.69) is 0 Å². The Morgan fingerprint density at radius 2 is 1.94 bits per heavy atom. The summed E-state index contributed by atoms with van der Waals surface area (Å²) in [5, 5.41) is 8.83. The highest BCUT2D eigenvalue weighted by Gasteiger charge is 2.49. The van der Waals surface area contributed by atoms with Gasteiger partial charge in [0.2, 0.25) is 5.91 Å². The van der Waals surface area contributed by atoms with E-state index in [1.807, 2.05) is 37.3 Å². The lowest BCUT2D eigenvalue weighted by molar-refractivity contribution is -0.140. The number of para-hydroxylation sites is 1. The molecule has 17 heavy (non-hydrogen) atoms. The normalized spacial score (nSPS) is 21.9. The number of carbonyl (C=O) groups is 2. The molecule has 1 amide bonds. The number of anilines is 1. The number of carboxylic acid groups (broad SMARTS) is 1. The number of hydrogen-bond acceptors (Lipinski definition) is 2. The van der Waals surface area contributed by atoms with Crippen molar-refractivity contribution < 1.29 is 14.7 Å². The standard InChI is InChI=1S/C13H15NO3/c1-2-14(9-6-4-3-5-7-9)12(15)10-8-11(10)13(16)17/h3-7,10-11H,2,8H2,1H3,(H,16,17)/t10-,11+/m1/s1. The SMILES string of the molecule is CCN(C(=O)[C@@H]1C[C@@H]1C(=O)O)c1ccccc1. The summed E-state index contributed by atoms with van der Waals surface area (Å²) in [5.74, 6) is -1.77. The fourth-order valence-electron chi connectivity index (χ4n) is 2.01. The van der Waals surface area contributed by atoms with Crippen LogP contribution in [0, 0.1) is 11.8 Å². The Kier molecular flexibility index (Phi) is 3.13. The fraction of sp³-hybridized carbons (Fsp3) is 0.385. The van der Waals surface area contributed by atoms with Gasteiger partial charge in [0.05, 0.1) is 11.8 Å². The van der Waals surface area contributed by atoms with Gasteiger partial charge in [0.15, 0.2) is 0 Å². The largest absolute Gasteiger partial charge is 0.481 e. The van der Waals surface area contributed by atoms with Crippen molar-refractivity contribution in [1.29, 1.82) is 0 Å². The summed E-state index contributed by atoms with van der Waals surface area (Å²) in [6.45, 7) is 2.45. The topological polar surface area (TPSA) is 57.6 Å². The number of benzene rings is 1. The van der Waals surface area contributed by atoms with Gasteiger partial charge in [0.25, 0.3) is 0 Å². The molecule has 2 rings (SSSR count). The third kappa shape index (κ3) is 2.30. The van der Waals surface area contributed by atoms with Crippen molar-refractivity contribution >= 4 is 17.6 Å². The van der Waals surface area contributed by atoms with Crippen molar-refractivity contribution in [3.63, 3.8) is 0 Å². The van der Waals surface area contributed by atoms with Crippen molar-refractivity contribution in [2.45, 2.75) is 13.3 Å². The Morgan fingerprint density at radius 1 is 1.29 bits per heavy atom. The van der Waals surface area contributed by atoms with Gasteiger partial charge in [-0.15, -0.1) is 0 Å². The van der Waals surface area contributed by atoms with Gasteiger partial charge in [-0.1, -0.05) is 18.2 Å². The van der Waals surface area contributed by atoms with Crippen LogP contribution in [0.15, 0.2) is 30.3 Å². The summed E-state index contributed by atoms with van der Waals surface area (Å²) in [5.41, 5.74) is 0.830. The Labute approximate surface area is 99.9 Å². The zero-order valence-electron chi connectivity index (χ0n) is 9.67. The molecule has 1 aliphatic carbocycles. The molecule has 0 saturated heterocycles. The highest BCUT2D eigenvalue weighted by atomic mass is 16.4. The Morgan fingerprint density at radius 3 is 2.41 bits per heavy atom. The van der Waals surface area contributed by atoms with E-state index in [-0.39, 0.29) is 11.8 Å². The van der Waals surface area contributed by atoms with Crippen molar-refractivity contribution in [2.24, 2.45) is 11.8 Å². The maximum Gasteiger partial charge on any atom is 0.307 e. The Hall–Kier alpha value is -1.84. The first-order valence-electron chi connectivity index (χ1n) is 5.74. The molecule has 0 bridgehead atoms. The lowest BCUT2D eigenvalue weighted by Gasteiger charge is -2.20. The number of amides is 1. The molecule has 0 aliphatic heterocycles. The highest BCUT2D eigenvalue weighted by Crippen LogP contribution is 2.40. The van der Waals surface area contributed by atoms with Crippen LogP contribution in [-0.4, -0.2) is 23.5 Å². The molecule has 1 fully saturated rings. The van der Waals surface area contributed by atoms with Gasteiger partial charge >= 0.3 is 5.97 Å². The molecule has 1 aromatic carbocycles. The molecular formula is C13H15NO3. The van der Waals surface area contributed by atoms with Crippen molar-refractivity contribution in [3.05, 3.63) is 30.3 Å². The average molecular weight is 233 g/mol. The average Bonchev–Trinajstić information content (AvgIpc) is 3.11. The second-order valence-corrected chi connectivity index (χ2v) is 4.20. The van der Waals surface area contributed by atoms with E-state index in [0.717, 1.165) is 5.69 Å². The van der Waals surface area contributed by atoms with Crippen LogP contribution < -0.4 is 4.90 Å². The molecule has 2 atom stereocenters. The van der Waals surface area contributed by atoms with Crippen LogP contribution in [0.25, 0.3) is 0 Å². The molecule has 1 aliphatic rings. The lowest BCUT2D eigenvalue weighted by Crippen LogP contribution is -2.32. The predicted molar refractivity (Wildman–Crippen MR) is 63.7 cm³/mol. The van der Waals surface area contributed by atoms with Gasteiger partial charge < -0.3 is 10.0 Å². The van der Waals surface area contributed by atoms with Crippen molar-refractivity contribution in [1.82, 2.24) is 0 Å². The predicted octanol–water partition coefficient (Wildman–Crippen LogP) is 1.76. The summed E-state index contributed by atoms with van der Waals surface area (Å²) in [6, 6.07) is 9.35. The van der Waals surface area contributed by atoms with Gasteiger partial charge in [-0.3, -0.25) is 9.59 Å². The molecule has 4 heteroatoms. The van der Waals surface area contributed by atoms with Crippen LogP contribution >= 0.6 is 0 Å². The first-order chi connectivity index (χ1) is 8.15. The molecule has 0 radical (unpaired) electrons. The molecule has 0 unspecified atom stereocenters. The molecule has 1 N–H and O–H groups in total. The summed E-state index contributed by atoms with van der Waals surface area (Å²) >= 11 is 0. The number of carboxylic acids is 1. The third-order valence-corrected chi connectivity index (χ3v) is 3.07. The van der Waals surface area contributed by atoms with Crippen molar-refractivity contribution in [3.8, 4) is 0 Å². The fourth-order valence-corrected chi connectivity index (χ4v) is 2.01. The maximum absolute atomic E-state index is 12.1. The minimum Gasteiger partial charge on any atom is -0.481 e. The summed E-state index contributed by atoms with van der Waals surface area (Å²) in [6.07, 6.45) is 0.470. The Balaban J connectivity index is 2.10. The van der Waals surface area contributed by atoms with E-state index in [4.69, 9.17) is 5.11 Å². The molecule has 1 aromatic rings. The zero-order valence-corrected chi connectivity index (χ0v) is 9.67. The van der Waals surface area contributed by atoms with Gasteiger partial charge in [0.1, 0.15) is 0 Å². The van der Waals surface area contributed by atoms with Crippen LogP contribution in [0.5, 0.6) is 0 Å². The monoisotopic (exact) mass is 233 g/mol. The highest BCUT2D eigenvalue weighted by molar-refractivity contribution is 6.00. The van der Waals surface area contributed by atoms with Gasteiger partial charge in [-0.2, -0.15) is 0 Å². The summed E-state index contributed by atoms with van der Waals surface area (Å²) < 4.78 is 0. The molecular weight excluding hydrogens is 218 g/mol. The van der Waals surface area contributed by atoms with Crippen molar-refractivity contribution in [2.75, 3.05) is 11.4 Å². The van der Waals surface area contributed by atoms with Gasteiger partial charge in [0, 0.05) is 12.2 Å². The second-order valence-electron chi connectivity index (χ2n) is 4.20. The van der Waals surface area contributed by atoms with E-state index in [9.17, 15) is 9.59 Å². The number of carbonyl (C=O) groups excluding carboxylic acids is 1. The number of rotatable bonds is 4. The minimum atomic E-state index is -0.868. The van der Waals surface area contributed by atoms with Crippen LogP contribution in [-0.2, 0) is 9.59 Å².